The van der Waals surface area contributed by atoms with Crippen LogP contribution in [0.25, 0.3) is 10.9 Å². The molecule has 2 aromatic rings. The maximum absolute atomic E-state index is 12.7. The van der Waals surface area contributed by atoms with Crippen LogP contribution in [-0.2, 0) is 13.0 Å². The molecule has 4 rings (SSSR count). The minimum absolute atomic E-state index is 0.116. The van der Waals surface area contributed by atoms with Gasteiger partial charge in [0.15, 0.2) is 0 Å². The normalized spacial score (nSPS) is 22.5. The van der Waals surface area contributed by atoms with E-state index in [-0.39, 0.29) is 5.56 Å². The third-order valence-electron chi connectivity index (χ3n) is 5.13. The second-order valence-electron chi connectivity index (χ2n) is 6.79. The van der Waals surface area contributed by atoms with Crippen LogP contribution in [0.5, 0.6) is 0 Å². The number of aromatic nitrogens is 2. The lowest BCUT2D eigenvalue weighted by atomic mass is 10.1. The predicted molar refractivity (Wildman–Crippen MR) is 88.1 cm³/mol. The largest absolute Gasteiger partial charge is 0.300 e. The van der Waals surface area contributed by atoms with E-state index in [0.717, 1.165) is 36.5 Å². The van der Waals surface area contributed by atoms with Crippen LogP contribution in [0.15, 0.2) is 29.3 Å². The van der Waals surface area contributed by atoms with E-state index in [4.69, 9.17) is 0 Å². The molecule has 22 heavy (non-hydrogen) atoms. The van der Waals surface area contributed by atoms with Crippen molar-refractivity contribution in [2.45, 2.75) is 45.2 Å². The molecular formula is C18H23N3O. The van der Waals surface area contributed by atoms with Crippen molar-refractivity contribution < 1.29 is 0 Å². The number of hydrogen-bond acceptors (Lipinski definition) is 3. The minimum Gasteiger partial charge on any atom is -0.300 e. The number of rotatable bonds is 4. The highest BCUT2D eigenvalue weighted by molar-refractivity contribution is 5.78. The van der Waals surface area contributed by atoms with E-state index >= 15 is 0 Å². The van der Waals surface area contributed by atoms with Crippen LogP contribution in [0.1, 0.15) is 31.7 Å². The summed E-state index contributed by atoms with van der Waals surface area (Å²) >= 11 is 0. The third kappa shape index (κ3) is 2.56. The fourth-order valence-electron chi connectivity index (χ4n) is 3.62. The van der Waals surface area contributed by atoms with Gasteiger partial charge in [-0.25, -0.2) is 4.98 Å². The summed E-state index contributed by atoms with van der Waals surface area (Å²) in [6.07, 6.45) is 6.61. The van der Waals surface area contributed by atoms with E-state index in [1.807, 2.05) is 16.7 Å². The van der Waals surface area contributed by atoms with Gasteiger partial charge < -0.3 is 4.90 Å². The van der Waals surface area contributed by atoms with E-state index in [0.29, 0.717) is 5.92 Å². The van der Waals surface area contributed by atoms with E-state index in [1.165, 1.54) is 31.4 Å². The highest BCUT2D eigenvalue weighted by atomic mass is 16.1. The molecule has 1 aromatic carbocycles. The molecule has 1 aromatic heterocycles. The molecule has 1 aliphatic carbocycles. The second-order valence-corrected chi connectivity index (χ2v) is 6.79. The molecule has 1 saturated heterocycles. The molecule has 2 heterocycles. The van der Waals surface area contributed by atoms with Crippen molar-refractivity contribution in [1.82, 2.24) is 14.5 Å². The lowest BCUT2D eigenvalue weighted by Crippen LogP contribution is -2.27. The van der Waals surface area contributed by atoms with Gasteiger partial charge in [0.05, 0.1) is 17.2 Å². The zero-order chi connectivity index (χ0) is 15.1. The topological polar surface area (TPSA) is 38.1 Å². The Hall–Kier alpha value is -1.68. The summed E-state index contributed by atoms with van der Waals surface area (Å²) < 4.78 is 1.82. The molecule has 2 fully saturated rings. The summed E-state index contributed by atoms with van der Waals surface area (Å²) in [7, 11) is 0. The number of hydrogen-bond donors (Lipinski definition) is 0. The van der Waals surface area contributed by atoms with Gasteiger partial charge >= 0.3 is 0 Å². The summed E-state index contributed by atoms with van der Waals surface area (Å²) in [5.74, 6) is 0.590. The standard InChI is InChI=1S/C18H23N3O/c1-2-13-3-6-17-16(9-13)18(22)21(12-19-17)11-14-7-8-20(10-14)15-4-5-15/h3,6,9,12,14-15H,2,4-5,7-8,10-11H2,1H3/t14-/m0/s1. The molecule has 116 valence electrons. The van der Waals surface area contributed by atoms with Crippen molar-refractivity contribution in [3.8, 4) is 0 Å². The Morgan fingerprint density at radius 1 is 1.27 bits per heavy atom. The molecular weight excluding hydrogens is 274 g/mol. The van der Waals surface area contributed by atoms with Crippen LogP contribution < -0.4 is 5.56 Å². The first-order valence-electron chi connectivity index (χ1n) is 8.46. The highest BCUT2D eigenvalue weighted by Crippen LogP contribution is 2.32. The molecule has 0 N–H and O–H groups in total. The number of aryl methyl sites for hydroxylation is 1. The van der Waals surface area contributed by atoms with Crippen molar-refractivity contribution in [1.29, 1.82) is 0 Å². The van der Waals surface area contributed by atoms with Gasteiger partial charge in [-0.15, -0.1) is 0 Å². The van der Waals surface area contributed by atoms with E-state index in [9.17, 15) is 4.79 Å². The minimum atomic E-state index is 0.116. The van der Waals surface area contributed by atoms with Gasteiger partial charge in [0.2, 0.25) is 0 Å². The Balaban J connectivity index is 1.59. The average Bonchev–Trinajstić information content (AvgIpc) is 3.30. The molecule has 4 heteroatoms. The maximum Gasteiger partial charge on any atom is 0.261 e. The molecule has 1 atom stereocenters. The summed E-state index contributed by atoms with van der Waals surface area (Å²) in [6.45, 7) is 5.26. The van der Waals surface area contributed by atoms with Gasteiger partial charge in [0.1, 0.15) is 0 Å². The van der Waals surface area contributed by atoms with Crippen LogP contribution in [-0.4, -0.2) is 33.6 Å². The van der Waals surface area contributed by atoms with Gasteiger partial charge in [0.25, 0.3) is 5.56 Å². The van der Waals surface area contributed by atoms with Crippen molar-refractivity contribution in [3.05, 3.63) is 40.4 Å². The number of fused-ring (bicyclic) bond motifs is 1. The molecule has 0 bridgehead atoms. The van der Waals surface area contributed by atoms with E-state index in [1.54, 1.807) is 6.33 Å². The summed E-state index contributed by atoms with van der Waals surface area (Å²) in [5, 5.41) is 0.763. The van der Waals surface area contributed by atoms with Crippen molar-refractivity contribution in [3.63, 3.8) is 0 Å². The molecule has 2 aliphatic rings. The van der Waals surface area contributed by atoms with Gasteiger partial charge in [-0.3, -0.25) is 9.36 Å². The highest BCUT2D eigenvalue weighted by Gasteiger charge is 2.34. The molecule has 4 nitrogen and oxygen atoms in total. The molecule has 0 radical (unpaired) electrons. The monoisotopic (exact) mass is 297 g/mol. The molecule has 0 unspecified atom stereocenters. The second kappa shape index (κ2) is 5.51. The molecule has 1 saturated carbocycles. The fraction of sp³-hybridized carbons (Fsp3) is 0.556. The SMILES string of the molecule is CCc1ccc2ncn(C[C@H]3CCN(C4CC4)C3)c(=O)c2c1. The van der Waals surface area contributed by atoms with Gasteiger partial charge in [-0.05, 0) is 55.8 Å². The Labute approximate surface area is 130 Å². The lowest BCUT2D eigenvalue weighted by Gasteiger charge is -2.15. The van der Waals surface area contributed by atoms with E-state index in [2.05, 4.69) is 22.9 Å². The number of benzene rings is 1. The quantitative estimate of drug-likeness (QED) is 0.870. The predicted octanol–water partition coefficient (Wildman–Crippen LogP) is 2.44. The van der Waals surface area contributed by atoms with Crippen LogP contribution in [0.4, 0.5) is 0 Å². The lowest BCUT2D eigenvalue weighted by molar-refractivity contribution is 0.306. The first-order valence-corrected chi connectivity index (χ1v) is 8.46. The van der Waals surface area contributed by atoms with Crippen molar-refractivity contribution >= 4 is 10.9 Å². The smallest absolute Gasteiger partial charge is 0.261 e. The van der Waals surface area contributed by atoms with Crippen molar-refractivity contribution in [2.75, 3.05) is 13.1 Å². The van der Waals surface area contributed by atoms with Crippen LogP contribution in [0, 0.1) is 5.92 Å². The number of likely N-dealkylation sites (tertiary alicyclic amines) is 1. The zero-order valence-corrected chi connectivity index (χ0v) is 13.2. The summed E-state index contributed by atoms with van der Waals surface area (Å²) in [4.78, 5) is 19.8. The summed E-state index contributed by atoms with van der Waals surface area (Å²) in [5.41, 5.74) is 2.12. The summed E-state index contributed by atoms with van der Waals surface area (Å²) in [6, 6.07) is 6.86. The Bertz CT molecular complexity index is 748. The van der Waals surface area contributed by atoms with Gasteiger partial charge in [0, 0.05) is 19.1 Å². The Kier molecular flexibility index (Phi) is 3.49. The number of nitrogens with zero attached hydrogens (tertiary/aromatic N) is 3. The van der Waals surface area contributed by atoms with Crippen LogP contribution >= 0.6 is 0 Å². The zero-order valence-electron chi connectivity index (χ0n) is 13.2. The van der Waals surface area contributed by atoms with Crippen LogP contribution in [0.2, 0.25) is 0 Å². The first kappa shape index (κ1) is 13.9. The Morgan fingerprint density at radius 2 is 2.14 bits per heavy atom. The first-order chi connectivity index (χ1) is 10.7. The maximum atomic E-state index is 12.7. The van der Waals surface area contributed by atoms with Gasteiger partial charge in [-0.1, -0.05) is 13.0 Å². The van der Waals surface area contributed by atoms with E-state index < -0.39 is 0 Å². The third-order valence-corrected chi connectivity index (χ3v) is 5.13. The average molecular weight is 297 g/mol. The van der Waals surface area contributed by atoms with Crippen LogP contribution in [0.3, 0.4) is 0 Å². The molecule has 1 aliphatic heterocycles. The molecule has 0 amide bonds. The molecule has 0 spiro atoms. The Morgan fingerprint density at radius 3 is 2.91 bits per heavy atom. The van der Waals surface area contributed by atoms with Gasteiger partial charge in [-0.2, -0.15) is 0 Å². The van der Waals surface area contributed by atoms with Crippen molar-refractivity contribution in [2.24, 2.45) is 5.92 Å². The fourth-order valence-corrected chi connectivity index (χ4v) is 3.62.